The van der Waals surface area contributed by atoms with Crippen molar-refractivity contribution < 1.29 is 0 Å². The second-order valence-corrected chi connectivity index (χ2v) is 6.60. The van der Waals surface area contributed by atoms with Gasteiger partial charge in [-0.25, -0.2) is 0 Å². The molecule has 100 valence electrons. The molecule has 0 saturated carbocycles. The van der Waals surface area contributed by atoms with Crippen LogP contribution in [0.25, 0.3) is 0 Å². The molecule has 2 nitrogen and oxygen atoms in total. The Morgan fingerprint density at radius 2 is 2.06 bits per heavy atom. The van der Waals surface area contributed by atoms with Crippen molar-refractivity contribution in [3.63, 3.8) is 0 Å². The Kier molecular flexibility index (Phi) is 4.70. The molecule has 1 aliphatic rings. The van der Waals surface area contributed by atoms with Gasteiger partial charge in [-0.15, -0.1) is 0 Å². The number of hydrogen-bond donors (Lipinski definition) is 1. The lowest BCUT2D eigenvalue weighted by molar-refractivity contribution is 0.146. The molecule has 1 aromatic carbocycles. The highest BCUT2D eigenvalue weighted by Gasteiger charge is 2.27. The van der Waals surface area contributed by atoms with Gasteiger partial charge in [0.1, 0.15) is 0 Å². The first-order chi connectivity index (χ1) is 8.52. The molecular formula is C14H20BrClN2. The number of rotatable bonds is 3. The molecule has 4 heteroatoms. The van der Waals surface area contributed by atoms with E-state index in [0.29, 0.717) is 5.54 Å². The Morgan fingerprint density at radius 3 is 2.61 bits per heavy atom. The zero-order valence-electron chi connectivity index (χ0n) is 11.0. The van der Waals surface area contributed by atoms with E-state index < -0.39 is 0 Å². The van der Waals surface area contributed by atoms with Gasteiger partial charge in [-0.05, 0) is 60.4 Å². The molecule has 1 N–H and O–H groups in total. The van der Waals surface area contributed by atoms with Gasteiger partial charge in [-0.3, -0.25) is 4.90 Å². The quantitative estimate of drug-likeness (QED) is 0.909. The average Bonchev–Trinajstić information content (AvgIpc) is 2.37. The minimum absolute atomic E-state index is 0.317. The lowest BCUT2D eigenvalue weighted by Crippen LogP contribution is -2.49. The molecule has 0 amide bonds. The van der Waals surface area contributed by atoms with Crippen molar-refractivity contribution in [2.75, 3.05) is 20.1 Å². The normalized spacial score (nSPS) is 20.0. The third kappa shape index (κ3) is 3.47. The van der Waals surface area contributed by atoms with Crippen LogP contribution in [0.2, 0.25) is 5.02 Å². The number of likely N-dealkylation sites (tertiary alicyclic amines) is 1. The van der Waals surface area contributed by atoms with Crippen molar-refractivity contribution >= 4 is 27.5 Å². The van der Waals surface area contributed by atoms with Crippen molar-refractivity contribution in [2.24, 2.45) is 0 Å². The Bertz CT molecular complexity index is 414. The van der Waals surface area contributed by atoms with E-state index >= 15 is 0 Å². The molecule has 0 spiro atoms. The first-order valence-corrected chi connectivity index (χ1v) is 7.55. The van der Waals surface area contributed by atoms with Crippen molar-refractivity contribution in [2.45, 2.75) is 31.8 Å². The van der Waals surface area contributed by atoms with Crippen LogP contribution in [0.4, 0.5) is 0 Å². The zero-order valence-corrected chi connectivity index (χ0v) is 13.3. The summed E-state index contributed by atoms with van der Waals surface area (Å²) >= 11 is 9.49. The highest BCUT2D eigenvalue weighted by atomic mass is 79.9. The number of halogens is 2. The average molecular weight is 332 g/mol. The van der Waals surface area contributed by atoms with Crippen molar-refractivity contribution in [3.05, 3.63) is 33.3 Å². The SMILES string of the molecule is CNC1(C)CCN(Cc2ccc(Cl)c(Br)c2)CC1. The smallest absolute Gasteiger partial charge is 0.0548 e. The molecule has 0 aliphatic carbocycles. The van der Waals surface area contributed by atoms with Gasteiger partial charge in [-0.1, -0.05) is 17.7 Å². The van der Waals surface area contributed by atoms with Gasteiger partial charge in [0.2, 0.25) is 0 Å². The Morgan fingerprint density at radius 1 is 1.39 bits per heavy atom. The van der Waals surface area contributed by atoms with E-state index in [1.165, 1.54) is 18.4 Å². The van der Waals surface area contributed by atoms with E-state index in [0.717, 1.165) is 29.1 Å². The fourth-order valence-electron chi connectivity index (χ4n) is 2.35. The third-order valence-electron chi connectivity index (χ3n) is 3.95. The molecule has 1 fully saturated rings. The number of benzene rings is 1. The second kappa shape index (κ2) is 5.91. The fraction of sp³-hybridized carbons (Fsp3) is 0.571. The molecule has 1 aromatic rings. The predicted octanol–water partition coefficient (Wildman–Crippen LogP) is 3.68. The second-order valence-electron chi connectivity index (χ2n) is 5.34. The van der Waals surface area contributed by atoms with E-state index in [1.54, 1.807) is 0 Å². The molecular weight excluding hydrogens is 312 g/mol. The number of piperidine rings is 1. The van der Waals surface area contributed by atoms with Crippen LogP contribution in [0, 0.1) is 0 Å². The van der Waals surface area contributed by atoms with Crippen LogP contribution < -0.4 is 5.32 Å². The van der Waals surface area contributed by atoms with Crippen LogP contribution in [0.1, 0.15) is 25.3 Å². The highest BCUT2D eigenvalue weighted by molar-refractivity contribution is 9.10. The fourth-order valence-corrected chi connectivity index (χ4v) is 2.89. The summed E-state index contributed by atoms with van der Waals surface area (Å²) in [6.07, 6.45) is 2.41. The van der Waals surface area contributed by atoms with Crippen molar-refractivity contribution in [1.82, 2.24) is 10.2 Å². The minimum atomic E-state index is 0.317. The zero-order chi connectivity index (χ0) is 13.2. The summed E-state index contributed by atoms with van der Waals surface area (Å²) in [5.41, 5.74) is 1.64. The van der Waals surface area contributed by atoms with Crippen LogP contribution in [0.5, 0.6) is 0 Å². The lowest BCUT2D eigenvalue weighted by Gasteiger charge is -2.39. The Labute approximate surface area is 123 Å². The van der Waals surface area contributed by atoms with Crippen LogP contribution in [-0.2, 0) is 6.54 Å². The number of nitrogens with zero attached hydrogens (tertiary/aromatic N) is 1. The third-order valence-corrected chi connectivity index (χ3v) is 5.17. The van der Waals surface area contributed by atoms with Crippen molar-refractivity contribution in [1.29, 1.82) is 0 Å². The molecule has 0 bridgehead atoms. The summed E-state index contributed by atoms with van der Waals surface area (Å²) in [6.45, 7) is 5.62. The van der Waals surface area contributed by atoms with E-state index in [9.17, 15) is 0 Å². The summed E-state index contributed by atoms with van der Waals surface area (Å²) in [7, 11) is 2.06. The van der Waals surface area contributed by atoms with E-state index in [-0.39, 0.29) is 0 Å². The molecule has 0 unspecified atom stereocenters. The standard InChI is InChI=1S/C14H20BrClN2/c1-14(17-2)5-7-18(8-6-14)10-11-3-4-13(16)12(15)9-11/h3-4,9,17H,5-8,10H2,1-2H3. The molecule has 2 rings (SSSR count). The minimum Gasteiger partial charge on any atom is -0.314 e. The number of hydrogen-bond acceptors (Lipinski definition) is 2. The summed E-state index contributed by atoms with van der Waals surface area (Å²) in [5.74, 6) is 0. The molecule has 18 heavy (non-hydrogen) atoms. The summed E-state index contributed by atoms with van der Waals surface area (Å²) in [6, 6.07) is 6.19. The first kappa shape index (κ1) is 14.3. The summed E-state index contributed by atoms with van der Waals surface area (Å²) in [5, 5.41) is 4.21. The van der Waals surface area contributed by atoms with Gasteiger partial charge in [0.25, 0.3) is 0 Å². The molecule has 1 saturated heterocycles. The Hall–Kier alpha value is -0.0900. The molecule has 1 heterocycles. The molecule has 0 atom stereocenters. The van der Waals surface area contributed by atoms with Gasteiger partial charge in [0, 0.05) is 29.6 Å². The van der Waals surface area contributed by atoms with Gasteiger partial charge in [0.05, 0.1) is 5.02 Å². The monoisotopic (exact) mass is 330 g/mol. The topological polar surface area (TPSA) is 15.3 Å². The summed E-state index contributed by atoms with van der Waals surface area (Å²) in [4.78, 5) is 2.51. The molecule has 0 radical (unpaired) electrons. The maximum atomic E-state index is 6.01. The molecule has 1 aliphatic heterocycles. The predicted molar refractivity (Wildman–Crippen MR) is 81.1 cm³/mol. The lowest BCUT2D eigenvalue weighted by atomic mass is 9.90. The van der Waals surface area contributed by atoms with Crippen LogP contribution in [-0.4, -0.2) is 30.6 Å². The van der Waals surface area contributed by atoms with E-state index in [2.05, 4.69) is 52.3 Å². The number of nitrogens with one attached hydrogen (secondary N) is 1. The van der Waals surface area contributed by atoms with Gasteiger partial charge < -0.3 is 5.32 Å². The van der Waals surface area contributed by atoms with Gasteiger partial charge in [0.15, 0.2) is 0 Å². The van der Waals surface area contributed by atoms with Gasteiger partial charge in [-0.2, -0.15) is 0 Å². The van der Waals surface area contributed by atoms with E-state index in [4.69, 9.17) is 11.6 Å². The largest absolute Gasteiger partial charge is 0.314 e. The molecule has 0 aromatic heterocycles. The first-order valence-electron chi connectivity index (χ1n) is 6.38. The highest BCUT2D eigenvalue weighted by Crippen LogP contribution is 2.26. The van der Waals surface area contributed by atoms with E-state index in [1.807, 2.05) is 6.07 Å². The van der Waals surface area contributed by atoms with Gasteiger partial charge >= 0.3 is 0 Å². The maximum absolute atomic E-state index is 6.01. The summed E-state index contributed by atoms with van der Waals surface area (Å²) < 4.78 is 0.985. The van der Waals surface area contributed by atoms with Crippen LogP contribution in [0.3, 0.4) is 0 Å². The Balaban J connectivity index is 1.93. The van der Waals surface area contributed by atoms with Crippen LogP contribution >= 0.6 is 27.5 Å². The van der Waals surface area contributed by atoms with Crippen molar-refractivity contribution in [3.8, 4) is 0 Å². The maximum Gasteiger partial charge on any atom is 0.0548 e. The van der Waals surface area contributed by atoms with Crippen LogP contribution in [0.15, 0.2) is 22.7 Å².